The molecule has 0 amide bonds. The SMILES string of the molecule is Cc1ccnc2c1OCC/C2=N/NC(=S)N1CCN(c2ccccc2)CC1C. The number of benzene rings is 1. The van der Waals surface area contributed by atoms with E-state index in [2.05, 4.69) is 56.5 Å². The number of hydrogen-bond donors (Lipinski definition) is 1. The lowest BCUT2D eigenvalue weighted by Crippen LogP contribution is -2.56. The first-order valence-electron chi connectivity index (χ1n) is 9.65. The highest BCUT2D eigenvalue weighted by Crippen LogP contribution is 2.26. The number of aromatic nitrogens is 1. The number of fused-ring (bicyclic) bond motifs is 1. The quantitative estimate of drug-likeness (QED) is 0.623. The molecule has 146 valence electrons. The van der Waals surface area contributed by atoms with Gasteiger partial charge in [-0.05, 0) is 49.8 Å². The van der Waals surface area contributed by atoms with Gasteiger partial charge in [0.05, 0.1) is 12.3 Å². The lowest BCUT2D eigenvalue weighted by Gasteiger charge is -2.41. The van der Waals surface area contributed by atoms with Crippen LogP contribution in [0.3, 0.4) is 0 Å². The van der Waals surface area contributed by atoms with E-state index >= 15 is 0 Å². The Kier molecular flexibility index (Phi) is 5.43. The summed E-state index contributed by atoms with van der Waals surface area (Å²) in [5.74, 6) is 0.824. The van der Waals surface area contributed by atoms with Gasteiger partial charge >= 0.3 is 0 Å². The molecule has 2 aliphatic heterocycles. The molecule has 6 nitrogen and oxygen atoms in total. The van der Waals surface area contributed by atoms with E-state index in [1.54, 1.807) is 6.20 Å². The van der Waals surface area contributed by atoms with Crippen LogP contribution in [0.1, 0.15) is 24.6 Å². The summed E-state index contributed by atoms with van der Waals surface area (Å²) in [5, 5.41) is 5.24. The summed E-state index contributed by atoms with van der Waals surface area (Å²) >= 11 is 5.64. The van der Waals surface area contributed by atoms with Crippen molar-refractivity contribution in [1.82, 2.24) is 15.3 Å². The number of aryl methyl sites for hydroxylation is 1. The number of pyridine rings is 1. The van der Waals surface area contributed by atoms with Gasteiger partial charge in [-0.2, -0.15) is 5.10 Å². The summed E-state index contributed by atoms with van der Waals surface area (Å²) < 4.78 is 5.76. The fraction of sp³-hybridized carbons (Fsp3) is 0.381. The van der Waals surface area contributed by atoms with Gasteiger partial charge < -0.3 is 14.5 Å². The van der Waals surface area contributed by atoms with Crippen molar-refractivity contribution in [2.45, 2.75) is 26.3 Å². The van der Waals surface area contributed by atoms with Crippen molar-refractivity contribution in [1.29, 1.82) is 0 Å². The molecule has 1 atom stereocenters. The van der Waals surface area contributed by atoms with E-state index in [4.69, 9.17) is 17.0 Å². The average Bonchev–Trinajstić information content (AvgIpc) is 2.73. The van der Waals surface area contributed by atoms with E-state index < -0.39 is 0 Å². The smallest absolute Gasteiger partial charge is 0.189 e. The van der Waals surface area contributed by atoms with E-state index in [1.165, 1.54) is 5.69 Å². The Morgan fingerprint density at radius 1 is 1.25 bits per heavy atom. The molecule has 3 heterocycles. The maximum atomic E-state index is 5.76. The van der Waals surface area contributed by atoms with Crippen LogP contribution in [0.25, 0.3) is 0 Å². The molecule has 1 aromatic carbocycles. The van der Waals surface area contributed by atoms with E-state index in [-0.39, 0.29) is 0 Å². The number of para-hydroxylation sites is 1. The molecule has 0 saturated carbocycles. The van der Waals surface area contributed by atoms with Gasteiger partial charge in [0.2, 0.25) is 0 Å². The molecule has 0 spiro atoms. The molecule has 4 rings (SSSR count). The third-order valence-electron chi connectivity index (χ3n) is 5.26. The lowest BCUT2D eigenvalue weighted by molar-refractivity contribution is 0.294. The number of hydrogen-bond acceptors (Lipinski definition) is 5. The average molecular weight is 396 g/mol. The lowest BCUT2D eigenvalue weighted by atomic mass is 10.1. The fourth-order valence-electron chi connectivity index (χ4n) is 3.72. The van der Waals surface area contributed by atoms with Crippen LogP contribution in [0.5, 0.6) is 5.75 Å². The molecular formula is C21H25N5OS. The number of nitrogens with one attached hydrogen (secondary N) is 1. The Balaban J connectivity index is 1.41. The molecule has 0 bridgehead atoms. The Hall–Kier alpha value is -2.67. The third-order valence-corrected chi connectivity index (χ3v) is 5.58. The van der Waals surface area contributed by atoms with Crippen LogP contribution in [0, 0.1) is 6.92 Å². The zero-order chi connectivity index (χ0) is 19.5. The highest BCUT2D eigenvalue weighted by atomic mass is 32.1. The number of ether oxygens (including phenoxy) is 1. The van der Waals surface area contributed by atoms with Crippen molar-refractivity contribution in [3.63, 3.8) is 0 Å². The Morgan fingerprint density at radius 3 is 2.86 bits per heavy atom. The largest absolute Gasteiger partial charge is 0.491 e. The molecule has 2 aromatic rings. The minimum Gasteiger partial charge on any atom is -0.491 e. The van der Waals surface area contributed by atoms with E-state index in [0.29, 0.717) is 17.8 Å². The van der Waals surface area contributed by atoms with Crippen molar-refractivity contribution < 1.29 is 4.74 Å². The third kappa shape index (κ3) is 3.80. The van der Waals surface area contributed by atoms with Crippen molar-refractivity contribution in [3.8, 4) is 5.75 Å². The zero-order valence-corrected chi connectivity index (χ0v) is 17.1. The summed E-state index contributed by atoms with van der Waals surface area (Å²) in [6.45, 7) is 7.56. The van der Waals surface area contributed by atoms with E-state index in [1.807, 2.05) is 19.1 Å². The van der Waals surface area contributed by atoms with E-state index in [0.717, 1.165) is 48.8 Å². The molecule has 0 radical (unpaired) electrons. The first-order chi connectivity index (χ1) is 13.6. The standard InChI is InChI=1S/C21H25N5OS/c1-15-8-10-22-19-18(9-13-27-20(15)19)23-24-21(28)26-12-11-25(14-16(26)2)17-6-4-3-5-7-17/h3-8,10,16H,9,11-14H2,1-2H3,(H,24,28)/b23-18-. The monoisotopic (exact) mass is 395 g/mol. The normalized spacial score (nSPS) is 20.5. The molecule has 2 aliphatic rings. The fourth-order valence-corrected chi connectivity index (χ4v) is 4.04. The second-order valence-electron chi connectivity index (χ2n) is 7.20. The van der Waals surface area contributed by atoms with Gasteiger partial charge in [-0.15, -0.1) is 0 Å². The first-order valence-corrected chi connectivity index (χ1v) is 10.1. The molecule has 1 aromatic heterocycles. The van der Waals surface area contributed by atoms with E-state index in [9.17, 15) is 0 Å². The van der Waals surface area contributed by atoms with Gasteiger partial charge in [-0.3, -0.25) is 10.4 Å². The molecule has 1 saturated heterocycles. The van der Waals surface area contributed by atoms with Gasteiger partial charge in [0.1, 0.15) is 11.4 Å². The minimum atomic E-state index is 0.302. The molecule has 1 unspecified atom stereocenters. The summed E-state index contributed by atoms with van der Waals surface area (Å²) in [6, 6.07) is 12.8. The summed E-state index contributed by atoms with van der Waals surface area (Å²) in [4.78, 5) is 9.06. The van der Waals surface area contributed by atoms with Crippen LogP contribution in [-0.4, -0.2) is 53.0 Å². The van der Waals surface area contributed by atoms with Crippen LogP contribution in [-0.2, 0) is 0 Å². The highest BCUT2D eigenvalue weighted by molar-refractivity contribution is 7.80. The maximum absolute atomic E-state index is 5.76. The highest BCUT2D eigenvalue weighted by Gasteiger charge is 2.26. The number of piperazine rings is 1. The predicted molar refractivity (Wildman–Crippen MR) is 116 cm³/mol. The van der Waals surface area contributed by atoms with Crippen LogP contribution < -0.4 is 15.1 Å². The van der Waals surface area contributed by atoms with Gasteiger partial charge in [-0.1, -0.05) is 18.2 Å². The first kappa shape index (κ1) is 18.7. The van der Waals surface area contributed by atoms with Gasteiger partial charge in [0.25, 0.3) is 0 Å². The number of rotatable bonds is 2. The minimum absolute atomic E-state index is 0.302. The molecule has 7 heteroatoms. The molecule has 1 fully saturated rings. The maximum Gasteiger partial charge on any atom is 0.189 e. The van der Waals surface area contributed by atoms with Gasteiger partial charge in [-0.25, -0.2) is 0 Å². The molecule has 28 heavy (non-hydrogen) atoms. The Bertz CT molecular complexity index is 886. The van der Waals surface area contributed by atoms with Crippen molar-refractivity contribution in [2.75, 3.05) is 31.1 Å². The molecule has 0 aliphatic carbocycles. The van der Waals surface area contributed by atoms with Gasteiger partial charge in [0.15, 0.2) is 5.11 Å². The van der Waals surface area contributed by atoms with Crippen LogP contribution in [0.2, 0.25) is 0 Å². The number of anilines is 1. The summed E-state index contributed by atoms with van der Waals surface area (Å²) in [7, 11) is 0. The summed E-state index contributed by atoms with van der Waals surface area (Å²) in [5.41, 5.74) is 7.13. The predicted octanol–water partition coefficient (Wildman–Crippen LogP) is 2.96. The zero-order valence-electron chi connectivity index (χ0n) is 16.3. The van der Waals surface area contributed by atoms with Crippen molar-refractivity contribution >= 4 is 28.7 Å². The second kappa shape index (κ2) is 8.14. The van der Waals surface area contributed by atoms with Crippen LogP contribution in [0.15, 0.2) is 47.7 Å². The van der Waals surface area contributed by atoms with Crippen LogP contribution in [0.4, 0.5) is 5.69 Å². The Labute approximate surface area is 171 Å². The number of hydrazone groups is 1. The van der Waals surface area contributed by atoms with Crippen molar-refractivity contribution in [2.24, 2.45) is 5.10 Å². The van der Waals surface area contributed by atoms with Crippen LogP contribution >= 0.6 is 12.2 Å². The number of nitrogens with zero attached hydrogens (tertiary/aromatic N) is 4. The topological polar surface area (TPSA) is 53.0 Å². The molecule has 1 N–H and O–H groups in total. The summed E-state index contributed by atoms with van der Waals surface area (Å²) in [6.07, 6.45) is 2.51. The Morgan fingerprint density at radius 2 is 2.07 bits per heavy atom. The number of thiocarbonyl (C=S) groups is 1. The second-order valence-corrected chi connectivity index (χ2v) is 7.59. The van der Waals surface area contributed by atoms with Gasteiger partial charge in [0, 0.05) is 44.0 Å². The van der Waals surface area contributed by atoms with Crippen molar-refractivity contribution in [3.05, 3.63) is 53.9 Å². The molecular weight excluding hydrogens is 370 g/mol.